The summed E-state index contributed by atoms with van der Waals surface area (Å²) >= 11 is 3.78. The van der Waals surface area contributed by atoms with Crippen molar-refractivity contribution in [3.63, 3.8) is 0 Å². The van der Waals surface area contributed by atoms with Gasteiger partial charge in [0.1, 0.15) is 0 Å². The molecule has 4 aliphatic rings. The summed E-state index contributed by atoms with van der Waals surface area (Å²) in [6.45, 7) is 0. The lowest BCUT2D eigenvalue weighted by molar-refractivity contribution is 0.722. The number of benzene rings is 11. The molecule has 16 rings (SSSR count). The second kappa shape index (κ2) is 15.1. The Kier molecular flexibility index (Phi) is 8.49. The lowest BCUT2D eigenvalue weighted by Crippen LogP contribution is -2.32. The maximum atomic E-state index is 2.52. The predicted molar refractivity (Wildman–Crippen MR) is 298 cm³/mol. The number of hydrogen-bond acceptors (Lipinski definition) is 3. The van der Waals surface area contributed by atoms with E-state index < -0.39 is 10.8 Å². The Bertz CT molecular complexity index is 3970. The molecule has 0 atom stereocenters. The van der Waals surface area contributed by atoms with Crippen molar-refractivity contribution in [1.82, 2.24) is 4.57 Å². The summed E-state index contributed by atoms with van der Waals surface area (Å²) in [4.78, 5) is 7.76. The van der Waals surface area contributed by atoms with E-state index in [1.807, 2.05) is 23.5 Å². The van der Waals surface area contributed by atoms with Gasteiger partial charge in [-0.2, -0.15) is 0 Å². The van der Waals surface area contributed by atoms with Gasteiger partial charge in [-0.1, -0.05) is 193 Å². The van der Waals surface area contributed by atoms with Gasteiger partial charge in [-0.25, -0.2) is 0 Å². The van der Waals surface area contributed by atoms with Crippen molar-refractivity contribution in [2.75, 3.05) is 4.90 Å². The molecule has 12 aromatic rings. The van der Waals surface area contributed by atoms with Gasteiger partial charge in [-0.3, -0.25) is 0 Å². The van der Waals surface area contributed by atoms with Crippen LogP contribution in [0.1, 0.15) is 44.5 Å². The number of rotatable bonds is 4. The highest BCUT2D eigenvalue weighted by molar-refractivity contribution is 7.99. The topological polar surface area (TPSA) is 8.17 Å². The second-order valence-electron chi connectivity index (χ2n) is 19.5. The highest BCUT2D eigenvalue weighted by atomic mass is 32.2. The van der Waals surface area contributed by atoms with Crippen molar-refractivity contribution in [2.24, 2.45) is 0 Å². The average Bonchev–Trinajstić information content (AvgIpc) is 4.04. The van der Waals surface area contributed by atoms with Crippen LogP contribution in [0.15, 0.2) is 274 Å². The molecular weight excluding hydrogens is 909 g/mol. The molecule has 0 N–H and O–H groups in total. The van der Waals surface area contributed by atoms with Gasteiger partial charge in [0.2, 0.25) is 0 Å². The Morgan fingerprint density at radius 3 is 1.17 bits per heavy atom. The van der Waals surface area contributed by atoms with Gasteiger partial charge >= 0.3 is 0 Å². The van der Waals surface area contributed by atoms with Crippen LogP contribution in [-0.2, 0) is 10.8 Å². The quantitative estimate of drug-likeness (QED) is 0.174. The lowest BCUT2D eigenvalue weighted by Gasteiger charge is -2.40. The van der Waals surface area contributed by atoms with Gasteiger partial charge in [0.05, 0.1) is 21.9 Å². The first-order valence-electron chi connectivity index (χ1n) is 24.8. The summed E-state index contributed by atoms with van der Waals surface area (Å²) in [5.41, 5.74) is 21.8. The lowest BCUT2D eigenvalue weighted by atomic mass is 9.67. The Morgan fingerprint density at radius 2 is 0.653 bits per heavy atom. The number of para-hydroxylation sites is 2. The third-order valence-corrected chi connectivity index (χ3v) is 18.4. The van der Waals surface area contributed by atoms with Crippen molar-refractivity contribution >= 4 is 62.4 Å². The first kappa shape index (κ1) is 40.4. The van der Waals surface area contributed by atoms with Crippen LogP contribution in [0.5, 0.6) is 0 Å². The standard InChI is InChI=1S/C68H42N2S2/c1-2-18-43(19-3-1)70-61-29-13-6-22-49(61)52-42-46(36-39-62(52)70)69(44-34-37-55-50(40-44)47-20-4-7-23-53(47)67(55)57-25-9-14-30-63(57)71-64-31-15-10-26-58(64)67)45-35-38-56-51(41-45)48-21-5-8-24-54(48)68(56)59-27-11-16-32-65(59)72-66-33-17-12-28-60(66)68/h1-42H. The first-order chi connectivity index (χ1) is 35.7. The van der Waals surface area contributed by atoms with Crippen LogP contribution in [-0.4, -0.2) is 4.57 Å². The van der Waals surface area contributed by atoms with E-state index >= 15 is 0 Å². The SMILES string of the molecule is c1ccc(-n2c3ccccc3c3cc(N(c4ccc5c(c4)-c4ccccc4C54c5ccccc5Sc5ccccc54)c4ccc5c(c4)-c4ccccc4C54c5ccccc5Sc5ccccc54)ccc32)cc1. The molecule has 0 bridgehead atoms. The summed E-state index contributed by atoms with van der Waals surface area (Å²) in [6, 6.07) is 96.0. The Labute approximate surface area is 426 Å². The van der Waals surface area contributed by atoms with Gasteiger partial charge in [0.25, 0.3) is 0 Å². The first-order valence-corrected chi connectivity index (χ1v) is 26.5. The normalized spacial score (nSPS) is 14.5. The second-order valence-corrected chi connectivity index (χ2v) is 21.6. The zero-order valence-corrected chi connectivity index (χ0v) is 40.6. The van der Waals surface area contributed by atoms with Gasteiger partial charge in [0, 0.05) is 53.1 Å². The van der Waals surface area contributed by atoms with Gasteiger partial charge in [0.15, 0.2) is 0 Å². The Morgan fingerprint density at radius 1 is 0.278 bits per heavy atom. The molecular formula is C68H42N2S2. The van der Waals surface area contributed by atoms with E-state index in [1.54, 1.807) is 0 Å². The summed E-state index contributed by atoms with van der Waals surface area (Å²) in [5, 5.41) is 2.45. The van der Waals surface area contributed by atoms with E-state index in [1.165, 1.54) is 108 Å². The fraction of sp³-hybridized carbons (Fsp3) is 0.0294. The van der Waals surface area contributed by atoms with E-state index in [4.69, 9.17) is 0 Å². The van der Waals surface area contributed by atoms with Crippen LogP contribution >= 0.6 is 23.5 Å². The third kappa shape index (κ3) is 5.27. The van der Waals surface area contributed by atoms with Crippen molar-refractivity contribution < 1.29 is 0 Å². The molecule has 0 saturated carbocycles. The Balaban J connectivity index is 0.965. The summed E-state index contributed by atoms with van der Waals surface area (Å²) in [5.74, 6) is 0. The fourth-order valence-corrected chi connectivity index (χ4v) is 15.8. The average molecular weight is 951 g/mol. The van der Waals surface area contributed by atoms with Crippen molar-refractivity contribution in [3.05, 3.63) is 299 Å². The molecule has 336 valence electrons. The highest BCUT2D eigenvalue weighted by Crippen LogP contribution is 2.65. The molecule has 0 saturated heterocycles. The zero-order valence-electron chi connectivity index (χ0n) is 39.0. The maximum Gasteiger partial charge on any atom is 0.0735 e. The van der Waals surface area contributed by atoms with Crippen molar-refractivity contribution in [3.8, 4) is 27.9 Å². The summed E-state index contributed by atoms with van der Waals surface area (Å²) in [6.07, 6.45) is 0. The number of fused-ring (bicyclic) bond motifs is 21. The molecule has 72 heavy (non-hydrogen) atoms. The molecule has 2 spiro atoms. The van der Waals surface area contributed by atoms with Crippen molar-refractivity contribution in [2.45, 2.75) is 30.4 Å². The highest BCUT2D eigenvalue weighted by Gasteiger charge is 2.52. The van der Waals surface area contributed by atoms with Crippen LogP contribution in [0.3, 0.4) is 0 Å². The molecule has 0 fully saturated rings. The molecule has 0 unspecified atom stereocenters. The molecule has 0 radical (unpaired) electrons. The summed E-state index contributed by atoms with van der Waals surface area (Å²) < 4.78 is 2.41. The monoisotopic (exact) mass is 950 g/mol. The predicted octanol–water partition coefficient (Wildman–Crippen LogP) is 17.9. The van der Waals surface area contributed by atoms with Crippen molar-refractivity contribution in [1.29, 1.82) is 0 Å². The minimum atomic E-state index is -0.456. The van der Waals surface area contributed by atoms with E-state index in [-0.39, 0.29) is 0 Å². The third-order valence-electron chi connectivity index (χ3n) is 16.1. The molecule has 11 aromatic carbocycles. The minimum Gasteiger partial charge on any atom is -0.310 e. The molecule has 2 aliphatic heterocycles. The van der Waals surface area contributed by atoms with Crippen LogP contribution in [0.4, 0.5) is 17.1 Å². The van der Waals surface area contributed by atoms with Crippen LogP contribution in [0, 0.1) is 0 Å². The number of nitrogens with zero attached hydrogens (tertiary/aromatic N) is 2. The smallest absolute Gasteiger partial charge is 0.0735 e. The number of aromatic nitrogens is 1. The van der Waals surface area contributed by atoms with Gasteiger partial charge < -0.3 is 9.47 Å². The largest absolute Gasteiger partial charge is 0.310 e. The van der Waals surface area contributed by atoms with E-state index in [0.717, 1.165) is 22.7 Å². The van der Waals surface area contributed by atoms with E-state index in [9.17, 15) is 0 Å². The van der Waals surface area contributed by atoms with Crippen LogP contribution in [0.2, 0.25) is 0 Å². The number of anilines is 3. The molecule has 2 aliphatic carbocycles. The zero-order chi connectivity index (χ0) is 47.1. The molecule has 1 aromatic heterocycles. The van der Waals surface area contributed by atoms with E-state index in [2.05, 4.69) is 264 Å². The fourth-order valence-electron chi connectivity index (χ4n) is 13.4. The van der Waals surface area contributed by atoms with Gasteiger partial charge in [-0.15, -0.1) is 0 Å². The van der Waals surface area contributed by atoms with Crippen LogP contribution < -0.4 is 4.90 Å². The van der Waals surface area contributed by atoms with Crippen LogP contribution in [0.25, 0.3) is 49.7 Å². The number of hydrogen-bond donors (Lipinski definition) is 0. The van der Waals surface area contributed by atoms with E-state index in [0.29, 0.717) is 0 Å². The van der Waals surface area contributed by atoms with Gasteiger partial charge in [-0.05, 0) is 152 Å². The Hall–Kier alpha value is -8.28. The summed E-state index contributed by atoms with van der Waals surface area (Å²) in [7, 11) is 0. The molecule has 4 heteroatoms. The molecule has 2 nitrogen and oxygen atoms in total. The molecule has 0 amide bonds. The minimum absolute atomic E-state index is 0.456. The maximum absolute atomic E-state index is 2.52. The molecule has 3 heterocycles.